The van der Waals surface area contributed by atoms with E-state index in [4.69, 9.17) is 20.9 Å². The van der Waals surface area contributed by atoms with E-state index in [2.05, 4.69) is 86.0 Å². The van der Waals surface area contributed by atoms with Gasteiger partial charge in [-0.15, -0.1) is 13.2 Å². The molecule has 0 saturated carbocycles. The minimum absolute atomic E-state index is 0.597. The Hall–Kier alpha value is -4.44. The summed E-state index contributed by atoms with van der Waals surface area (Å²) in [7, 11) is 0. The minimum atomic E-state index is -0.597. The Morgan fingerprint density at radius 1 is 0.561 bits per heavy atom. The second-order valence-corrected chi connectivity index (χ2v) is 10.7. The molecule has 4 N–H and O–H groups in total. The number of hydrogen-bond acceptors (Lipinski definition) is 4. The molecular formula is C37H40N2O2. The third-order valence-electron chi connectivity index (χ3n) is 7.90. The first kappa shape index (κ1) is 28.1. The summed E-state index contributed by atoms with van der Waals surface area (Å²) in [5.41, 5.74) is 20.6. The summed E-state index contributed by atoms with van der Waals surface area (Å²) in [4.78, 5) is 0. The van der Waals surface area contributed by atoms with Crippen LogP contribution in [0.1, 0.15) is 60.8 Å². The lowest BCUT2D eigenvalue weighted by atomic mass is 9.67. The van der Waals surface area contributed by atoms with Gasteiger partial charge in [0.15, 0.2) is 0 Å². The molecule has 0 aromatic heterocycles. The van der Waals surface area contributed by atoms with Crippen molar-refractivity contribution in [2.24, 2.45) is 0 Å². The smallest absolute Gasteiger partial charge is 0.119 e. The molecule has 0 saturated heterocycles. The third kappa shape index (κ3) is 5.74. The Morgan fingerprint density at radius 2 is 0.976 bits per heavy atom. The van der Waals surface area contributed by atoms with E-state index >= 15 is 0 Å². The van der Waals surface area contributed by atoms with Gasteiger partial charge in [0.2, 0.25) is 0 Å². The highest BCUT2D eigenvalue weighted by atomic mass is 16.5. The molecule has 210 valence electrons. The zero-order valence-corrected chi connectivity index (χ0v) is 23.8. The fourth-order valence-electron chi connectivity index (χ4n) is 5.91. The molecule has 0 unspecified atom stereocenters. The van der Waals surface area contributed by atoms with Gasteiger partial charge in [-0.1, -0.05) is 48.6 Å². The van der Waals surface area contributed by atoms with Crippen molar-refractivity contribution in [1.29, 1.82) is 0 Å². The van der Waals surface area contributed by atoms with Gasteiger partial charge in [0.1, 0.15) is 11.5 Å². The maximum atomic E-state index is 6.42. The molecule has 0 amide bonds. The first-order valence-corrected chi connectivity index (χ1v) is 14.6. The predicted octanol–water partition coefficient (Wildman–Crippen LogP) is 8.68. The fourth-order valence-corrected chi connectivity index (χ4v) is 5.91. The molecule has 0 atom stereocenters. The van der Waals surface area contributed by atoms with Crippen molar-refractivity contribution < 1.29 is 9.47 Å². The minimum Gasteiger partial charge on any atom is -0.494 e. The van der Waals surface area contributed by atoms with E-state index < -0.39 is 5.41 Å². The molecule has 4 aromatic carbocycles. The molecule has 0 bridgehead atoms. The van der Waals surface area contributed by atoms with Crippen LogP contribution in [0.25, 0.3) is 11.1 Å². The van der Waals surface area contributed by atoms with E-state index in [-0.39, 0.29) is 0 Å². The number of benzene rings is 4. The number of hydrogen-bond donors (Lipinski definition) is 2. The average molecular weight is 545 g/mol. The molecule has 0 fully saturated rings. The topological polar surface area (TPSA) is 70.5 Å². The molecule has 1 aliphatic carbocycles. The molecule has 41 heavy (non-hydrogen) atoms. The lowest BCUT2D eigenvalue weighted by Crippen LogP contribution is -2.28. The molecule has 0 spiro atoms. The van der Waals surface area contributed by atoms with Crippen molar-refractivity contribution in [3.05, 3.63) is 132 Å². The highest BCUT2D eigenvalue weighted by Gasteiger charge is 2.46. The van der Waals surface area contributed by atoms with Gasteiger partial charge in [0.25, 0.3) is 0 Å². The van der Waals surface area contributed by atoms with Crippen LogP contribution in [0, 0.1) is 0 Å². The monoisotopic (exact) mass is 544 g/mol. The first-order chi connectivity index (χ1) is 20.1. The van der Waals surface area contributed by atoms with Crippen molar-refractivity contribution in [3.63, 3.8) is 0 Å². The van der Waals surface area contributed by atoms with Crippen LogP contribution < -0.4 is 20.9 Å². The van der Waals surface area contributed by atoms with Crippen molar-refractivity contribution >= 4 is 11.4 Å². The maximum Gasteiger partial charge on any atom is 0.119 e. The number of unbranched alkanes of at least 4 members (excludes halogenated alkanes) is 4. The summed E-state index contributed by atoms with van der Waals surface area (Å²) in [6.07, 6.45) is 10.1. The van der Waals surface area contributed by atoms with Crippen molar-refractivity contribution in [3.8, 4) is 22.6 Å². The highest BCUT2D eigenvalue weighted by Crippen LogP contribution is 2.57. The lowest BCUT2D eigenvalue weighted by molar-refractivity contribution is 0.307. The van der Waals surface area contributed by atoms with Gasteiger partial charge in [0.05, 0.1) is 18.6 Å². The quantitative estimate of drug-likeness (QED) is 0.0833. The van der Waals surface area contributed by atoms with Crippen molar-refractivity contribution in [1.82, 2.24) is 0 Å². The van der Waals surface area contributed by atoms with Gasteiger partial charge in [-0.3, -0.25) is 0 Å². The van der Waals surface area contributed by atoms with Gasteiger partial charge in [0, 0.05) is 11.4 Å². The van der Waals surface area contributed by atoms with Crippen LogP contribution >= 0.6 is 0 Å². The molecule has 0 radical (unpaired) electrons. The number of anilines is 2. The molecule has 4 nitrogen and oxygen atoms in total. The standard InChI is InChI=1S/C37H40N2O2/c1-3-5-7-9-23-40-31-17-11-27(12-18-31)37(28-13-19-32(20-14-28)41-24-10-8-6-4-2)35-25-29(38)15-21-33(35)34-22-16-30(39)26-36(34)37/h3-4,11-22,25-26H,1-2,5-10,23-24,38-39H2. The van der Waals surface area contributed by atoms with Crippen molar-refractivity contribution in [2.45, 2.75) is 43.9 Å². The first-order valence-electron chi connectivity index (χ1n) is 14.6. The Kier molecular flexibility index (Phi) is 8.79. The van der Waals surface area contributed by atoms with Crippen LogP contribution in [0.15, 0.2) is 110 Å². The number of fused-ring (bicyclic) bond motifs is 3. The fraction of sp³-hybridized carbons (Fsp3) is 0.243. The van der Waals surface area contributed by atoms with E-state index in [9.17, 15) is 0 Å². The normalized spacial score (nSPS) is 12.8. The van der Waals surface area contributed by atoms with Crippen LogP contribution in [0.5, 0.6) is 11.5 Å². The van der Waals surface area contributed by atoms with E-state index in [1.807, 2.05) is 24.3 Å². The van der Waals surface area contributed by atoms with Crippen LogP contribution in [0.4, 0.5) is 11.4 Å². The Morgan fingerprint density at radius 3 is 1.37 bits per heavy atom. The molecule has 0 heterocycles. The zero-order valence-electron chi connectivity index (χ0n) is 23.8. The van der Waals surface area contributed by atoms with Gasteiger partial charge in [-0.05, 0) is 120 Å². The molecule has 0 aliphatic heterocycles. The van der Waals surface area contributed by atoms with Gasteiger partial charge >= 0.3 is 0 Å². The second kappa shape index (κ2) is 12.8. The molecule has 4 heteroatoms. The van der Waals surface area contributed by atoms with Crippen LogP contribution in [-0.2, 0) is 5.41 Å². The molecule has 5 rings (SSSR count). The highest BCUT2D eigenvalue weighted by molar-refractivity contribution is 5.88. The summed E-state index contributed by atoms with van der Waals surface area (Å²) in [5, 5.41) is 0. The second-order valence-electron chi connectivity index (χ2n) is 10.7. The van der Waals surface area contributed by atoms with Crippen LogP contribution in [0.2, 0.25) is 0 Å². The summed E-state index contributed by atoms with van der Waals surface area (Å²) in [6, 6.07) is 29.4. The Labute approximate surface area is 244 Å². The van der Waals surface area contributed by atoms with E-state index in [0.717, 1.165) is 83.7 Å². The number of allylic oxidation sites excluding steroid dienone is 2. The number of rotatable bonds is 14. The SMILES string of the molecule is C=CCCCCOc1ccc(C2(c3ccc(OCCCCC=C)cc3)c3cc(N)ccc3-c3ccc(N)cc32)cc1. The van der Waals surface area contributed by atoms with Gasteiger partial charge in [-0.2, -0.15) is 0 Å². The molecular weight excluding hydrogens is 504 g/mol. The number of nitrogen functional groups attached to an aromatic ring is 2. The van der Waals surface area contributed by atoms with Gasteiger partial charge < -0.3 is 20.9 Å². The molecule has 4 aromatic rings. The van der Waals surface area contributed by atoms with Crippen molar-refractivity contribution in [2.75, 3.05) is 24.7 Å². The molecule has 1 aliphatic rings. The Balaban J connectivity index is 1.56. The number of ether oxygens (including phenoxy) is 2. The number of nitrogens with two attached hydrogens (primary N) is 2. The predicted molar refractivity (Wildman–Crippen MR) is 172 cm³/mol. The van der Waals surface area contributed by atoms with Crippen LogP contribution in [0.3, 0.4) is 0 Å². The maximum absolute atomic E-state index is 6.42. The zero-order chi connectivity index (χ0) is 28.7. The van der Waals surface area contributed by atoms with Crippen LogP contribution in [-0.4, -0.2) is 13.2 Å². The summed E-state index contributed by atoms with van der Waals surface area (Å²) in [5.74, 6) is 1.72. The lowest BCUT2D eigenvalue weighted by Gasteiger charge is -2.34. The Bertz CT molecular complexity index is 1370. The largest absolute Gasteiger partial charge is 0.494 e. The summed E-state index contributed by atoms with van der Waals surface area (Å²) in [6.45, 7) is 8.97. The van der Waals surface area contributed by atoms with E-state index in [1.165, 1.54) is 11.1 Å². The summed E-state index contributed by atoms with van der Waals surface area (Å²) < 4.78 is 12.1. The third-order valence-corrected chi connectivity index (χ3v) is 7.90. The van der Waals surface area contributed by atoms with E-state index in [0.29, 0.717) is 13.2 Å². The average Bonchev–Trinajstić information content (AvgIpc) is 3.27. The van der Waals surface area contributed by atoms with E-state index in [1.54, 1.807) is 0 Å². The van der Waals surface area contributed by atoms with Gasteiger partial charge in [-0.25, -0.2) is 0 Å². The summed E-state index contributed by atoms with van der Waals surface area (Å²) >= 11 is 0.